The molecule has 0 atom stereocenters. The number of methoxy groups -OCH3 is 1. The first kappa shape index (κ1) is 14.0. The van der Waals surface area contributed by atoms with E-state index in [4.69, 9.17) is 9.84 Å². The summed E-state index contributed by atoms with van der Waals surface area (Å²) in [6.45, 7) is 4.34. The molecule has 0 radical (unpaired) electrons. The number of carboxylic acid groups (broad SMARTS) is 1. The average Bonchev–Trinajstić information content (AvgIpc) is 2.83. The van der Waals surface area contributed by atoms with E-state index in [0.29, 0.717) is 12.2 Å². The first-order valence-electron chi connectivity index (χ1n) is 6.32. The quantitative estimate of drug-likeness (QED) is 0.904. The van der Waals surface area contributed by atoms with Gasteiger partial charge in [-0.15, -0.1) is 5.10 Å². The van der Waals surface area contributed by atoms with E-state index in [1.807, 2.05) is 38.1 Å². The second kappa shape index (κ2) is 5.73. The maximum atomic E-state index is 11.1. The van der Waals surface area contributed by atoms with Gasteiger partial charge in [0.2, 0.25) is 0 Å². The summed E-state index contributed by atoms with van der Waals surface area (Å²) in [6, 6.07) is 7.56. The fraction of sp³-hybridized carbons (Fsp3) is 0.357. The van der Waals surface area contributed by atoms with E-state index in [9.17, 15) is 4.79 Å². The molecule has 0 bridgehead atoms. The molecule has 0 aliphatic carbocycles. The minimum atomic E-state index is -1.05. The maximum Gasteiger partial charge on any atom is 0.358 e. The first-order chi connectivity index (χ1) is 9.52. The number of nitrogens with zero attached hydrogens (tertiary/aromatic N) is 3. The van der Waals surface area contributed by atoms with Crippen molar-refractivity contribution in [3.63, 3.8) is 0 Å². The fourth-order valence-electron chi connectivity index (χ4n) is 2.06. The minimum Gasteiger partial charge on any atom is -0.497 e. The highest BCUT2D eigenvalue weighted by Gasteiger charge is 2.21. The van der Waals surface area contributed by atoms with Gasteiger partial charge in [0.1, 0.15) is 5.75 Å². The molecule has 1 heterocycles. The Kier molecular flexibility index (Phi) is 4.02. The van der Waals surface area contributed by atoms with Crippen molar-refractivity contribution in [2.45, 2.75) is 26.3 Å². The molecule has 0 saturated heterocycles. The lowest BCUT2D eigenvalue weighted by atomic mass is 10.1. The molecule has 1 N–H and O–H groups in total. The van der Waals surface area contributed by atoms with E-state index in [1.54, 1.807) is 11.8 Å². The Morgan fingerprint density at radius 2 is 2.00 bits per heavy atom. The van der Waals surface area contributed by atoms with Crippen molar-refractivity contribution in [3.8, 4) is 5.75 Å². The lowest BCUT2D eigenvalue weighted by Crippen LogP contribution is -2.10. The number of hydrogen-bond donors (Lipinski definition) is 1. The third-order valence-electron chi connectivity index (χ3n) is 3.01. The van der Waals surface area contributed by atoms with Gasteiger partial charge < -0.3 is 9.84 Å². The predicted octanol–water partition coefficient (Wildman–Crippen LogP) is 2.16. The van der Waals surface area contributed by atoms with Crippen LogP contribution in [0.25, 0.3) is 0 Å². The number of ether oxygens (including phenoxy) is 1. The van der Waals surface area contributed by atoms with Gasteiger partial charge in [-0.05, 0) is 23.6 Å². The number of aromatic carboxylic acids is 1. The van der Waals surface area contributed by atoms with Gasteiger partial charge >= 0.3 is 5.97 Å². The van der Waals surface area contributed by atoms with E-state index in [0.717, 1.165) is 11.3 Å². The number of carboxylic acids is 1. The van der Waals surface area contributed by atoms with Crippen molar-refractivity contribution >= 4 is 5.97 Å². The Morgan fingerprint density at radius 1 is 1.35 bits per heavy atom. The molecule has 1 aromatic heterocycles. The molecule has 6 nitrogen and oxygen atoms in total. The highest BCUT2D eigenvalue weighted by Crippen LogP contribution is 2.19. The average molecular weight is 275 g/mol. The number of rotatable bonds is 5. The Morgan fingerprint density at radius 3 is 2.50 bits per heavy atom. The van der Waals surface area contributed by atoms with Crippen LogP contribution in [-0.4, -0.2) is 33.2 Å². The standard InChI is InChI=1S/C14H17N3O3/c1-9(2)13-12(14(18)19)15-16-17(13)8-10-4-6-11(20-3)7-5-10/h4-7,9H,8H2,1-3H3,(H,18,19). The largest absolute Gasteiger partial charge is 0.497 e. The first-order valence-corrected chi connectivity index (χ1v) is 6.32. The van der Waals surface area contributed by atoms with Gasteiger partial charge in [-0.25, -0.2) is 9.48 Å². The molecule has 0 aliphatic rings. The molecule has 0 unspecified atom stereocenters. The normalized spacial score (nSPS) is 10.8. The number of carbonyl (C=O) groups is 1. The molecule has 0 amide bonds. The smallest absolute Gasteiger partial charge is 0.358 e. The van der Waals surface area contributed by atoms with Crippen LogP contribution in [-0.2, 0) is 6.54 Å². The Hall–Kier alpha value is -2.37. The van der Waals surface area contributed by atoms with Gasteiger partial charge in [0.25, 0.3) is 0 Å². The molecule has 0 spiro atoms. The van der Waals surface area contributed by atoms with Crippen molar-refractivity contribution in [3.05, 3.63) is 41.2 Å². The summed E-state index contributed by atoms with van der Waals surface area (Å²) in [5.41, 5.74) is 1.66. The van der Waals surface area contributed by atoms with Crippen LogP contribution >= 0.6 is 0 Å². The molecule has 0 fully saturated rings. The highest BCUT2D eigenvalue weighted by atomic mass is 16.5. The summed E-state index contributed by atoms with van der Waals surface area (Å²) < 4.78 is 6.74. The summed E-state index contributed by atoms with van der Waals surface area (Å²) >= 11 is 0. The number of benzene rings is 1. The van der Waals surface area contributed by atoms with Gasteiger partial charge in [-0.3, -0.25) is 0 Å². The van der Waals surface area contributed by atoms with Gasteiger partial charge in [-0.1, -0.05) is 31.2 Å². The van der Waals surface area contributed by atoms with Crippen LogP contribution in [0.2, 0.25) is 0 Å². The predicted molar refractivity (Wildman–Crippen MR) is 73.2 cm³/mol. The van der Waals surface area contributed by atoms with Crippen LogP contribution in [0, 0.1) is 0 Å². The van der Waals surface area contributed by atoms with Crippen molar-refractivity contribution < 1.29 is 14.6 Å². The third-order valence-corrected chi connectivity index (χ3v) is 3.01. The second-order valence-electron chi connectivity index (χ2n) is 4.79. The van der Waals surface area contributed by atoms with Crippen LogP contribution in [0.1, 0.15) is 41.5 Å². The minimum absolute atomic E-state index is 0.0218. The Balaban J connectivity index is 2.30. The zero-order valence-corrected chi connectivity index (χ0v) is 11.7. The monoisotopic (exact) mass is 275 g/mol. The van der Waals surface area contributed by atoms with Gasteiger partial charge in [0.15, 0.2) is 5.69 Å². The van der Waals surface area contributed by atoms with E-state index in [2.05, 4.69) is 10.3 Å². The van der Waals surface area contributed by atoms with E-state index in [-0.39, 0.29) is 11.6 Å². The zero-order chi connectivity index (χ0) is 14.7. The van der Waals surface area contributed by atoms with Crippen molar-refractivity contribution in [1.82, 2.24) is 15.0 Å². The molecule has 20 heavy (non-hydrogen) atoms. The summed E-state index contributed by atoms with van der Waals surface area (Å²) in [7, 11) is 1.61. The summed E-state index contributed by atoms with van der Waals surface area (Å²) in [6.07, 6.45) is 0. The molecule has 2 aromatic rings. The second-order valence-corrected chi connectivity index (χ2v) is 4.79. The summed E-state index contributed by atoms with van der Waals surface area (Å²) in [5, 5.41) is 16.8. The molecule has 0 aliphatic heterocycles. The number of hydrogen-bond acceptors (Lipinski definition) is 4. The van der Waals surface area contributed by atoms with Crippen LogP contribution in [0.15, 0.2) is 24.3 Å². The van der Waals surface area contributed by atoms with Gasteiger partial charge in [-0.2, -0.15) is 0 Å². The van der Waals surface area contributed by atoms with Gasteiger partial charge in [0, 0.05) is 0 Å². The SMILES string of the molecule is COc1ccc(Cn2nnc(C(=O)O)c2C(C)C)cc1. The molecule has 0 saturated carbocycles. The Labute approximate surface area is 117 Å². The summed E-state index contributed by atoms with van der Waals surface area (Å²) in [4.78, 5) is 11.1. The molecule has 6 heteroatoms. The Bertz CT molecular complexity index is 603. The highest BCUT2D eigenvalue weighted by molar-refractivity contribution is 5.86. The third kappa shape index (κ3) is 2.79. The van der Waals surface area contributed by atoms with Crippen LogP contribution in [0.5, 0.6) is 5.75 Å². The molecular formula is C14H17N3O3. The van der Waals surface area contributed by atoms with Crippen LogP contribution in [0.3, 0.4) is 0 Å². The lowest BCUT2D eigenvalue weighted by molar-refractivity contribution is 0.0688. The van der Waals surface area contributed by atoms with Crippen LogP contribution in [0.4, 0.5) is 0 Å². The molecular weight excluding hydrogens is 258 g/mol. The topological polar surface area (TPSA) is 77.2 Å². The van der Waals surface area contributed by atoms with Gasteiger partial charge in [0.05, 0.1) is 19.3 Å². The fourth-order valence-corrected chi connectivity index (χ4v) is 2.06. The molecule has 106 valence electrons. The molecule has 2 rings (SSSR count). The lowest BCUT2D eigenvalue weighted by Gasteiger charge is -2.10. The zero-order valence-electron chi connectivity index (χ0n) is 11.7. The number of aromatic nitrogens is 3. The summed E-state index contributed by atoms with van der Waals surface area (Å²) in [5.74, 6) is -0.230. The molecule has 1 aromatic carbocycles. The maximum absolute atomic E-state index is 11.1. The van der Waals surface area contributed by atoms with Crippen LogP contribution < -0.4 is 4.74 Å². The van der Waals surface area contributed by atoms with Crippen molar-refractivity contribution in [2.75, 3.05) is 7.11 Å². The van der Waals surface area contributed by atoms with E-state index < -0.39 is 5.97 Å². The van der Waals surface area contributed by atoms with E-state index in [1.165, 1.54) is 0 Å². The van der Waals surface area contributed by atoms with Crippen molar-refractivity contribution in [2.24, 2.45) is 0 Å². The van der Waals surface area contributed by atoms with Crippen molar-refractivity contribution in [1.29, 1.82) is 0 Å². The van der Waals surface area contributed by atoms with E-state index >= 15 is 0 Å².